The fraction of sp³-hybridized carbons (Fsp3) is 0.636. The number of nitrogens with one attached hydrogen (secondary N) is 1. The highest BCUT2D eigenvalue weighted by atomic mass is 16.2. The molecule has 1 fully saturated rings. The molecule has 2 rings (SSSR count). The largest absolute Gasteiger partial charge is 0.336 e. The zero-order chi connectivity index (χ0) is 12.1. The van der Waals surface area contributed by atoms with E-state index in [0.717, 1.165) is 32.7 Å². The summed E-state index contributed by atoms with van der Waals surface area (Å²) in [6.45, 7) is 5.97. The van der Waals surface area contributed by atoms with Gasteiger partial charge in [-0.05, 0) is 7.05 Å². The molecular formula is C11H19N5O. The molecule has 6 nitrogen and oxygen atoms in total. The number of rotatable bonds is 3. The van der Waals surface area contributed by atoms with E-state index in [-0.39, 0.29) is 6.03 Å². The number of carbonyl (C=O) groups is 1. The molecule has 0 radical (unpaired) electrons. The number of amides is 1. The number of hydrogen-bond donors (Lipinski definition) is 1. The number of imidazole rings is 1. The molecule has 1 aromatic rings. The summed E-state index contributed by atoms with van der Waals surface area (Å²) < 4.78 is 1.45. The van der Waals surface area contributed by atoms with Gasteiger partial charge in [0.15, 0.2) is 0 Å². The Balaban J connectivity index is 1.64. The van der Waals surface area contributed by atoms with Crippen LogP contribution >= 0.6 is 0 Å². The first-order valence-corrected chi connectivity index (χ1v) is 5.93. The maximum Gasteiger partial charge on any atom is 0.326 e. The third-order valence-corrected chi connectivity index (χ3v) is 3.04. The SMILES string of the molecule is CN1CCN(CCNC(=O)n2ccnc2)CC1. The van der Waals surface area contributed by atoms with Crippen molar-refractivity contribution in [3.05, 3.63) is 18.7 Å². The molecule has 0 aliphatic carbocycles. The summed E-state index contributed by atoms with van der Waals surface area (Å²) in [5.41, 5.74) is 0. The number of piperazine rings is 1. The number of carbonyl (C=O) groups excluding carboxylic acids is 1. The lowest BCUT2D eigenvalue weighted by Crippen LogP contribution is -2.47. The van der Waals surface area contributed by atoms with E-state index in [4.69, 9.17) is 0 Å². The monoisotopic (exact) mass is 237 g/mol. The van der Waals surface area contributed by atoms with Crippen molar-refractivity contribution < 1.29 is 4.79 Å². The van der Waals surface area contributed by atoms with E-state index in [1.807, 2.05) is 0 Å². The molecule has 1 N–H and O–H groups in total. The van der Waals surface area contributed by atoms with Gasteiger partial charge in [0.2, 0.25) is 0 Å². The van der Waals surface area contributed by atoms with Crippen molar-refractivity contribution >= 4 is 6.03 Å². The molecule has 0 unspecified atom stereocenters. The first-order chi connectivity index (χ1) is 8.25. The summed E-state index contributed by atoms with van der Waals surface area (Å²) in [7, 11) is 2.14. The van der Waals surface area contributed by atoms with Crippen molar-refractivity contribution in [3.8, 4) is 0 Å². The quantitative estimate of drug-likeness (QED) is 0.783. The third-order valence-electron chi connectivity index (χ3n) is 3.04. The molecule has 1 aliphatic heterocycles. The Morgan fingerprint density at radius 1 is 1.35 bits per heavy atom. The topological polar surface area (TPSA) is 53.4 Å². The second-order valence-electron chi connectivity index (χ2n) is 4.35. The number of nitrogens with zero attached hydrogens (tertiary/aromatic N) is 4. The van der Waals surface area contributed by atoms with Gasteiger partial charge >= 0.3 is 6.03 Å². The maximum absolute atomic E-state index is 11.6. The zero-order valence-corrected chi connectivity index (χ0v) is 10.2. The van der Waals surface area contributed by atoms with Crippen LogP contribution in [0.25, 0.3) is 0 Å². The average molecular weight is 237 g/mol. The zero-order valence-electron chi connectivity index (χ0n) is 10.2. The molecule has 0 aromatic carbocycles. The summed E-state index contributed by atoms with van der Waals surface area (Å²) in [5, 5.41) is 2.87. The molecule has 1 aromatic heterocycles. The Labute approximate surface area is 101 Å². The van der Waals surface area contributed by atoms with Crippen LogP contribution in [0.2, 0.25) is 0 Å². The lowest BCUT2D eigenvalue weighted by Gasteiger charge is -2.32. The molecule has 0 spiro atoms. The van der Waals surface area contributed by atoms with Gasteiger partial charge in [-0.1, -0.05) is 0 Å². The normalized spacial score (nSPS) is 18.2. The standard InChI is InChI=1S/C11H19N5O/c1-14-6-8-15(9-7-14)4-3-13-11(17)16-5-2-12-10-16/h2,5,10H,3-4,6-9H2,1H3,(H,13,17). The summed E-state index contributed by atoms with van der Waals surface area (Å²) in [6.07, 6.45) is 4.75. The van der Waals surface area contributed by atoms with E-state index in [2.05, 4.69) is 27.1 Å². The van der Waals surface area contributed by atoms with Crippen molar-refractivity contribution in [2.24, 2.45) is 0 Å². The molecule has 0 saturated carbocycles. The van der Waals surface area contributed by atoms with Gasteiger partial charge in [-0.2, -0.15) is 0 Å². The number of hydrogen-bond acceptors (Lipinski definition) is 4. The van der Waals surface area contributed by atoms with Crippen LogP contribution in [0.4, 0.5) is 4.79 Å². The predicted molar refractivity (Wildman–Crippen MR) is 65.0 cm³/mol. The van der Waals surface area contributed by atoms with E-state index in [1.165, 1.54) is 10.9 Å². The van der Waals surface area contributed by atoms with E-state index in [9.17, 15) is 4.79 Å². The average Bonchev–Trinajstić information content (AvgIpc) is 2.85. The first-order valence-electron chi connectivity index (χ1n) is 5.93. The lowest BCUT2D eigenvalue weighted by atomic mass is 10.3. The molecule has 17 heavy (non-hydrogen) atoms. The fourth-order valence-corrected chi connectivity index (χ4v) is 1.86. The molecule has 6 heteroatoms. The highest BCUT2D eigenvalue weighted by molar-refractivity contribution is 5.76. The highest BCUT2D eigenvalue weighted by Gasteiger charge is 2.13. The number of aromatic nitrogens is 2. The van der Waals surface area contributed by atoms with Crippen molar-refractivity contribution in [2.75, 3.05) is 46.3 Å². The second kappa shape index (κ2) is 5.79. The van der Waals surface area contributed by atoms with Crippen LogP contribution < -0.4 is 5.32 Å². The lowest BCUT2D eigenvalue weighted by molar-refractivity contribution is 0.155. The van der Waals surface area contributed by atoms with E-state index in [1.54, 1.807) is 12.4 Å². The summed E-state index contributed by atoms with van der Waals surface area (Å²) in [4.78, 5) is 20.1. The fourth-order valence-electron chi connectivity index (χ4n) is 1.86. The van der Waals surface area contributed by atoms with Gasteiger partial charge in [-0.3, -0.25) is 9.47 Å². The van der Waals surface area contributed by atoms with Crippen LogP contribution in [0.3, 0.4) is 0 Å². The van der Waals surface area contributed by atoms with Crippen molar-refractivity contribution in [3.63, 3.8) is 0 Å². The molecule has 0 bridgehead atoms. The van der Waals surface area contributed by atoms with E-state index in [0.29, 0.717) is 6.54 Å². The minimum atomic E-state index is -0.114. The van der Waals surface area contributed by atoms with E-state index < -0.39 is 0 Å². The first kappa shape index (κ1) is 12.1. The predicted octanol–water partition coefficient (Wildman–Crippen LogP) is -0.312. The summed E-state index contributed by atoms with van der Waals surface area (Å²) in [6, 6.07) is -0.114. The van der Waals surface area contributed by atoms with Crippen LogP contribution in [0.5, 0.6) is 0 Å². The summed E-state index contributed by atoms with van der Waals surface area (Å²) >= 11 is 0. The van der Waals surface area contributed by atoms with Gasteiger partial charge in [-0.25, -0.2) is 9.78 Å². The Hall–Kier alpha value is -1.40. The Morgan fingerprint density at radius 2 is 2.12 bits per heavy atom. The van der Waals surface area contributed by atoms with Crippen LogP contribution in [-0.4, -0.2) is 71.7 Å². The minimum Gasteiger partial charge on any atom is -0.336 e. The van der Waals surface area contributed by atoms with Gasteiger partial charge in [0, 0.05) is 51.7 Å². The molecule has 0 atom stereocenters. The smallest absolute Gasteiger partial charge is 0.326 e. The van der Waals surface area contributed by atoms with Crippen LogP contribution in [0, 0.1) is 0 Å². The second-order valence-corrected chi connectivity index (χ2v) is 4.35. The number of likely N-dealkylation sites (N-methyl/N-ethyl adjacent to an activating group) is 1. The molecule has 1 saturated heterocycles. The molecular weight excluding hydrogens is 218 g/mol. The Bertz CT molecular complexity index is 343. The van der Waals surface area contributed by atoms with Gasteiger partial charge in [0.05, 0.1) is 0 Å². The molecule has 2 heterocycles. The van der Waals surface area contributed by atoms with Gasteiger partial charge in [0.1, 0.15) is 6.33 Å². The van der Waals surface area contributed by atoms with Crippen molar-refractivity contribution in [2.45, 2.75) is 0 Å². The molecule has 94 valence electrons. The third kappa shape index (κ3) is 3.54. The highest BCUT2D eigenvalue weighted by Crippen LogP contribution is 1.97. The maximum atomic E-state index is 11.6. The van der Waals surface area contributed by atoms with Gasteiger partial charge in [0.25, 0.3) is 0 Å². The van der Waals surface area contributed by atoms with Crippen molar-refractivity contribution in [1.82, 2.24) is 24.7 Å². The summed E-state index contributed by atoms with van der Waals surface area (Å²) in [5.74, 6) is 0. The molecule has 1 aliphatic rings. The van der Waals surface area contributed by atoms with Crippen LogP contribution in [0.1, 0.15) is 0 Å². The van der Waals surface area contributed by atoms with Crippen molar-refractivity contribution in [1.29, 1.82) is 0 Å². The van der Waals surface area contributed by atoms with Crippen LogP contribution in [0.15, 0.2) is 18.7 Å². The van der Waals surface area contributed by atoms with E-state index >= 15 is 0 Å². The Kier molecular flexibility index (Phi) is 4.11. The van der Waals surface area contributed by atoms with Gasteiger partial charge < -0.3 is 10.2 Å². The van der Waals surface area contributed by atoms with Crippen LogP contribution in [-0.2, 0) is 0 Å². The molecule has 1 amide bonds. The van der Waals surface area contributed by atoms with Gasteiger partial charge in [-0.15, -0.1) is 0 Å². The Morgan fingerprint density at radius 3 is 2.76 bits per heavy atom. The minimum absolute atomic E-state index is 0.114.